The molecule has 0 radical (unpaired) electrons. The van der Waals surface area contributed by atoms with E-state index in [-0.39, 0.29) is 28.8 Å². The molecule has 3 rings (SSSR count). The number of rotatable bonds is 7. The van der Waals surface area contributed by atoms with E-state index in [1.54, 1.807) is 36.6 Å². The van der Waals surface area contributed by atoms with Crippen molar-refractivity contribution < 1.29 is 22.2 Å². The largest absolute Gasteiger partial charge is 0.468 e. The molecule has 1 unspecified atom stereocenters. The van der Waals surface area contributed by atoms with Crippen LogP contribution < -0.4 is 5.32 Å². The molecule has 0 saturated heterocycles. The van der Waals surface area contributed by atoms with Crippen LogP contribution in [-0.2, 0) is 21.1 Å². The van der Waals surface area contributed by atoms with E-state index in [1.165, 1.54) is 12.3 Å². The molecule has 0 aromatic carbocycles. The predicted molar refractivity (Wildman–Crippen MR) is 90.9 cm³/mol. The lowest BCUT2D eigenvalue weighted by molar-refractivity contribution is -0.120. The van der Waals surface area contributed by atoms with Gasteiger partial charge < -0.3 is 14.3 Å². The van der Waals surface area contributed by atoms with Crippen LogP contribution >= 0.6 is 11.3 Å². The number of carbonyl (C=O) groups excluding carboxylic acids is 1. The SMILES string of the molecule is Cc1cc(CC(=O)NCC(c2ccco2)S(=O)(=O)c2cccs2)no1. The van der Waals surface area contributed by atoms with Gasteiger partial charge in [0.1, 0.15) is 21.0 Å². The number of carbonyl (C=O) groups is 1. The number of sulfone groups is 1. The molecule has 25 heavy (non-hydrogen) atoms. The summed E-state index contributed by atoms with van der Waals surface area (Å²) in [6, 6.07) is 8.07. The molecule has 0 saturated carbocycles. The van der Waals surface area contributed by atoms with Crippen LogP contribution in [0.2, 0.25) is 0 Å². The van der Waals surface area contributed by atoms with Crippen molar-refractivity contribution in [3.63, 3.8) is 0 Å². The van der Waals surface area contributed by atoms with Crippen molar-refractivity contribution in [2.45, 2.75) is 22.8 Å². The number of aromatic nitrogens is 1. The fourth-order valence-electron chi connectivity index (χ4n) is 2.34. The van der Waals surface area contributed by atoms with E-state index < -0.39 is 15.1 Å². The van der Waals surface area contributed by atoms with E-state index in [1.807, 2.05) is 0 Å². The molecule has 3 heterocycles. The van der Waals surface area contributed by atoms with Gasteiger partial charge in [-0.3, -0.25) is 4.79 Å². The van der Waals surface area contributed by atoms with Gasteiger partial charge in [0, 0.05) is 12.6 Å². The smallest absolute Gasteiger partial charge is 0.226 e. The lowest BCUT2D eigenvalue weighted by Crippen LogP contribution is -2.32. The molecular formula is C16H16N2O5S2. The molecule has 0 fully saturated rings. The molecule has 0 spiro atoms. The lowest BCUT2D eigenvalue weighted by Gasteiger charge is -2.15. The van der Waals surface area contributed by atoms with Crippen molar-refractivity contribution in [2.24, 2.45) is 0 Å². The fourth-order valence-corrected chi connectivity index (χ4v) is 5.13. The zero-order valence-corrected chi connectivity index (χ0v) is 15.0. The summed E-state index contributed by atoms with van der Waals surface area (Å²) in [4.78, 5) is 12.1. The Morgan fingerprint density at radius 3 is 2.80 bits per heavy atom. The quantitative estimate of drug-likeness (QED) is 0.676. The van der Waals surface area contributed by atoms with E-state index in [4.69, 9.17) is 8.94 Å². The minimum Gasteiger partial charge on any atom is -0.468 e. The van der Waals surface area contributed by atoms with Gasteiger partial charge in [-0.05, 0) is 30.5 Å². The number of hydrogen-bond donors (Lipinski definition) is 1. The third-order valence-corrected chi connectivity index (χ3v) is 7.01. The summed E-state index contributed by atoms with van der Waals surface area (Å²) in [6.45, 7) is 1.64. The second-order valence-electron chi connectivity index (χ2n) is 5.39. The minimum absolute atomic E-state index is 0.0151. The summed E-state index contributed by atoms with van der Waals surface area (Å²) >= 11 is 1.13. The Kier molecular flexibility index (Phi) is 5.05. The molecule has 9 heteroatoms. The first kappa shape index (κ1) is 17.4. The maximum atomic E-state index is 12.8. The zero-order chi connectivity index (χ0) is 17.9. The number of thiophene rings is 1. The molecule has 7 nitrogen and oxygen atoms in total. The number of hydrogen-bond acceptors (Lipinski definition) is 7. The van der Waals surface area contributed by atoms with E-state index in [9.17, 15) is 13.2 Å². The highest BCUT2D eigenvalue weighted by atomic mass is 32.2. The second-order valence-corrected chi connectivity index (χ2v) is 8.70. The Morgan fingerprint density at radius 1 is 1.36 bits per heavy atom. The molecule has 132 valence electrons. The van der Waals surface area contributed by atoms with Crippen LogP contribution in [0.3, 0.4) is 0 Å². The maximum absolute atomic E-state index is 12.8. The van der Waals surface area contributed by atoms with Gasteiger partial charge in [0.25, 0.3) is 0 Å². The summed E-state index contributed by atoms with van der Waals surface area (Å²) in [7, 11) is -3.67. The van der Waals surface area contributed by atoms with Gasteiger partial charge >= 0.3 is 0 Å². The highest BCUT2D eigenvalue weighted by Crippen LogP contribution is 2.31. The van der Waals surface area contributed by atoms with Crippen LogP contribution in [-0.4, -0.2) is 26.0 Å². The van der Waals surface area contributed by atoms with Gasteiger partial charge in [-0.1, -0.05) is 11.2 Å². The molecule has 3 aromatic rings. The minimum atomic E-state index is -3.67. The van der Waals surface area contributed by atoms with Crippen LogP contribution in [0.1, 0.15) is 22.5 Å². The molecule has 3 aromatic heterocycles. The Hall–Kier alpha value is -2.39. The van der Waals surface area contributed by atoms with Crippen molar-refractivity contribution in [3.8, 4) is 0 Å². The van der Waals surface area contributed by atoms with Gasteiger partial charge in [0.2, 0.25) is 5.91 Å². The molecule has 0 bridgehead atoms. The Morgan fingerprint density at radius 2 is 2.20 bits per heavy atom. The van der Waals surface area contributed by atoms with Crippen molar-refractivity contribution >= 4 is 27.1 Å². The maximum Gasteiger partial charge on any atom is 0.226 e. The van der Waals surface area contributed by atoms with Gasteiger partial charge in [-0.2, -0.15) is 0 Å². The Balaban J connectivity index is 1.74. The van der Waals surface area contributed by atoms with Crippen LogP contribution in [0, 0.1) is 6.92 Å². The summed E-state index contributed by atoms with van der Waals surface area (Å²) < 4.78 is 36.1. The van der Waals surface area contributed by atoms with Crippen molar-refractivity contribution in [1.29, 1.82) is 0 Å². The van der Waals surface area contributed by atoms with E-state index in [2.05, 4.69) is 10.5 Å². The molecule has 1 amide bonds. The average Bonchev–Trinajstić information content (AvgIpc) is 3.29. The highest BCUT2D eigenvalue weighted by molar-refractivity contribution is 7.93. The number of nitrogens with one attached hydrogen (secondary N) is 1. The van der Waals surface area contributed by atoms with Crippen molar-refractivity contribution in [1.82, 2.24) is 10.5 Å². The van der Waals surface area contributed by atoms with Crippen LogP contribution in [0.25, 0.3) is 0 Å². The summed E-state index contributed by atoms with van der Waals surface area (Å²) in [5, 5.41) is 7.09. The van der Waals surface area contributed by atoms with E-state index in [0.29, 0.717) is 11.5 Å². The molecule has 0 aliphatic heterocycles. The molecular weight excluding hydrogens is 364 g/mol. The first-order chi connectivity index (χ1) is 12.0. The van der Waals surface area contributed by atoms with E-state index >= 15 is 0 Å². The van der Waals surface area contributed by atoms with Crippen molar-refractivity contribution in [2.75, 3.05) is 6.54 Å². The summed E-state index contributed by atoms with van der Waals surface area (Å²) in [5.41, 5.74) is 0.491. The first-order valence-electron chi connectivity index (χ1n) is 7.46. The fraction of sp³-hybridized carbons (Fsp3) is 0.250. The number of amides is 1. The number of aryl methyl sites for hydroxylation is 1. The van der Waals surface area contributed by atoms with Gasteiger partial charge in [-0.25, -0.2) is 8.42 Å². The molecule has 1 N–H and O–H groups in total. The zero-order valence-electron chi connectivity index (χ0n) is 13.3. The van der Waals surface area contributed by atoms with Crippen molar-refractivity contribution in [3.05, 3.63) is 59.2 Å². The Labute approximate surface area is 148 Å². The summed E-state index contributed by atoms with van der Waals surface area (Å²) in [6.07, 6.45) is 1.42. The number of furan rings is 1. The first-order valence-corrected chi connectivity index (χ1v) is 9.89. The third kappa shape index (κ3) is 3.99. The monoisotopic (exact) mass is 380 g/mol. The Bertz CT molecular complexity index is 927. The summed E-state index contributed by atoms with van der Waals surface area (Å²) in [5.74, 6) is 0.550. The van der Waals surface area contributed by atoms with Gasteiger partial charge in [0.15, 0.2) is 9.84 Å². The average molecular weight is 380 g/mol. The topological polar surface area (TPSA) is 102 Å². The molecule has 0 aliphatic carbocycles. The predicted octanol–water partition coefficient (Wildman–Crippen LogP) is 2.51. The lowest BCUT2D eigenvalue weighted by atomic mass is 10.2. The molecule has 0 aliphatic rings. The second kappa shape index (κ2) is 7.24. The van der Waals surface area contributed by atoms with Gasteiger partial charge in [0.05, 0.1) is 18.4 Å². The normalized spacial score (nSPS) is 12.8. The molecule has 1 atom stereocenters. The standard InChI is InChI=1S/C16H16N2O5S2/c1-11-8-12(18-23-11)9-15(19)17-10-14(13-4-2-6-22-13)25(20,21)16-5-3-7-24-16/h2-8,14H,9-10H2,1H3,(H,17,19). The van der Waals surface area contributed by atoms with Crippen LogP contribution in [0.4, 0.5) is 0 Å². The van der Waals surface area contributed by atoms with Crippen LogP contribution in [0.15, 0.2) is 55.1 Å². The third-order valence-electron chi connectivity index (χ3n) is 3.51. The van der Waals surface area contributed by atoms with E-state index in [0.717, 1.165) is 11.3 Å². The number of nitrogens with zero attached hydrogens (tertiary/aromatic N) is 1. The van der Waals surface area contributed by atoms with Crippen LogP contribution in [0.5, 0.6) is 0 Å². The van der Waals surface area contributed by atoms with Gasteiger partial charge in [-0.15, -0.1) is 11.3 Å². The highest BCUT2D eigenvalue weighted by Gasteiger charge is 2.32.